The third-order valence-corrected chi connectivity index (χ3v) is 4.17. The van der Waals surface area contributed by atoms with Gasteiger partial charge in [0, 0.05) is 31.9 Å². The maximum atomic E-state index is 5.84. The fourth-order valence-corrected chi connectivity index (χ4v) is 3.27. The van der Waals surface area contributed by atoms with E-state index in [9.17, 15) is 0 Å². The zero-order valence-corrected chi connectivity index (χ0v) is 10.4. The van der Waals surface area contributed by atoms with E-state index in [1.807, 2.05) is 13.2 Å². The molecule has 0 saturated heterocycles. The van der Waals surface area contributed by atoms with E-state index in [1.165, 1.54) is 30.4 Å². The standard InChI is InChI=1S/C14H20N2O/c1-17-14-4-2-3-13(14)16-8-10-5-6-12(15)7-11(10)9-16/h5-7,13-14H,2-4,8-9,15H2,1H3. The number of methoxy groups -OCH3 is 1. The first-order valence-corrected chi connectivity index (χ1v) is 6.42. The Bertz CT molecular complexity index is 419. The van der Waals surface area contributed by atoms with Crippen molar-refractivity contribution in [3.63, 3.8) is 0 Å². The van der Waals surface area contributed by atoms with E-state index in [-0.39, 0.29) is 0 Å². The van der Waals surface area contributed by atoms with Crippen molar-refractivity contribution in [1.29, 1.82) is 0 Å². The van der Waals surface area contributed by atoms with Crippen LogP contribution in [0.1, 0.15) is 30.4 Å². The Hall–Kier alpha value is -1.06. The number of ether oxygens (including phenoxy) is 1. The molecule has 3 rings (SSSR count). The zero-order valence-electron chi connectivity index (χ0n) is 10.4. The third-order valence-electron chi connectivity index (χ3n) is 4.17. The molecule has 92 valence electrons. The van der Waals surface area contributed by atoms with Crippen LogP contribution in [0.25, 0.3) is 0 Å². The molecule has 0 bridgehead atoms. The van der Waals surface area contributed by atoms with Crippen LogP contribution < -0.4 is 5.73 Å². The Kier molecular flexibility index (Phi) is 2.81. The molecule has 1 aliphatic carbocycles. The van der Waals surface area contributed by atoms with E-state index >= 15 is 0 Å². The fraction of sp³-hybridized carbons (Fsp3) is 0.571. The molecule has 3 nitrogen and oxygen atoms in total. The summed E-state index contributed by atoms with van der Waals surface area (Å²) in [5.41, 5.74) is 9.54. The summed E-state index contributed by atoms with van der Waals surface area (Å²) in [5.74, 6) is 0. The number of anilines is 1. The molecule has 0 aromatic heterocycles. The van der Waals surface area contributed by atoms with Crippen molar-refractivity contribution in [1.82, 2.24) is 4.90 Å². The molecule has 1 fully saturated rings. The second kappa shape index (κ2) is 4.31. The van der Waals surface area contributed by atoms with Crippen molar-refractivity contribution in [2.45, 2.75) is 44.5 Å². The molecule has 1 aromatic rings. The van der Waals surface area contributed by atoms with Gasteiger partial charge in [0.1, 0.15) is 0 Å². The highest BCUT2D eigenvalue weighted by Gasteiger charge is 2.34. The van der Waals surface area contributed by atoms with Crippen LogP contribution in [-0.4, -0.2) is 24.2 Å². The smallest absolute Gasteiger partial charge is 0.0726 e. The van der Waals surface area contributed by atoms with Crippen molar-refractivity contribution in [3.8, 4) is 0 Å². The first kappa shape index (κ1) is 11.1. The van der Waals surface area contributed by atoms with Gasteiger partial charge >= 0.3 is 0 Å². The van der Waals surface area contributed by atoms with E-state index in [2.05, 4.69) is 17.0 Å². The number of hydrogen-bond donors (Lipinski definition) is 1. The Morgan fingerprint density at radius 3 is 2.88 bits per heavy atom. The van der Waals surface area contributed by atoms with Crippen LogP contribution in [0.3, 0.4) is 0 Å². The molecule has 1 aromatic carbocycles. The summed E-state index contributed by atoms with van der Waals surface area (Å²) < 4.78 is 5.59. The summed E-state index contributed by atoms with van der Waals surface area (Å²) in [6.07, 6.45) is 4.18. The van der Waals surface area contributed by atoms with Gasteiger partial charge in [0.05, 0.1) is 6.10 Å². The number of rotatable bonds is 2. The second-order valence-corrected chi connectivity index (χ2v) is 5.21. The van der Waals surface area contributed by atoms with Gasteiger partial charge in [0.25, 0.3) is 0 Å². The van der Waals surface area contributed by atoms with Gasteiger partial charge in [-0.05, 0) is 42.5 Å². The fourth-order valence-electron chi connectivity index (χ4n) is 3.27. The summed E-state index contributed by atoms with van der Waals surface area (Å²) in [7, 11) is 1.84. The summed E-state index contributed by atoms with van der Waals surface area (Å²) in [4.78, 5) is 2.55. The van der Waals surface area contributed by atoms with E-state index in [0.29, 0.717) is 12.1 Å². The lowest BCUT2D eigenvalue weighted by molar-refractivity contribution is 0.0311. The highest BCUT2D eigenvalue weighted by atomic mass is 16.5. The highest BCUT2D eigenvalue weighted by molar-refractivity contribution is 5.46. The van der Waals surface area contributed by atoms with Gasteiger partial charge in [-0.15, -0.1) is 0 Å². The maximum Gasteiger partial charge on any atom is 0.0726 e. The molecule has 2 aliphatic rings. The van der Waals surface area contributed by atoms with Crippen LogP contribution in [0.4, 0.5) is 5.69 Å². The lowest BCUT2D eigenvalue weighted by Gasteiger charge is -2.28. The lowest BCUT2D eigenvalue weighted by atomic mass is 10.1. The van der Waals surface area contributed by atoms with Gasteiger partial charge in [-0.25, -0.2) is 0 Å². The van der Waals surface area contributed by atoms with E-state index in [1.54, 1.807) is 0 Å². The minimum atomic E-state index is 0.418. The second-order valence-electron chi connectivity index (χ2n) is 5.21. The van der Waals surface area contributed by atoms with Gasteiger partial charge in [0.15, 0.2) is 0 Å². The van der Waals surface area contributed by atoms with Crippen molar-refractivity contribution in [2.24, 2.45) is 0 Å². The zero-order chi connectivity index (χ0) is 11.8. The summed E-state index contributed by atoms with van der Waals surface area (Å²) in [6, 6.07) is 6.88. The van der Waals surface area contributed by atoms with Crippen LogP contribution in [0.2, 0.25) is 0 Å². The van der Waals surface area contributed by atoms with E-state index in [0.717, 1.165) is 18.8 Å². The highest BCUT2D eigenvalue weighted by Crippen LogP contribution is 2.33. The molecule has 2 N–H and O–H groups in total. The maximum absolute atomic E-state index is 5.84. The SMILES string of the molecule is COC1CCCC1N1Cc2ccc(N)cc2C1. The number of benzene rings is 1. The van der Waals surface area contributed by atoms with Crippen LogP contribution in [-0.2, 0) is 17.8 Å². The van der Waals surface area contributed by atoms with Gasteiger partial charge in [-0.3, -0.25) is 4.90 Å². The van der Waals surface area contributed by atoms with Crippen LogP contribution in [0.15, 0.2) is 18.2 Å². The summed E-state index contributed by atoms with van der Waals surface area (Å²) >= 11 is 0. The van der Waals surface area contributed by atoms with Crippen molar-refractivity contribution >= 4 is 5.69 Å². The Morgan fingerprint density at radius 2 is 2.06 bits per heavy atom. The normalized spacial score (nSPS) is 28.5. The Morgan fingerprint density at radius 1 is 1.24 bits per heavy atom. The molecule has 1 aliphatic heterocycles. The number of nitrogen functional groups attached to an aromatic ring is 1. The average molecular weight is 232 g/mol. The number of nitrogens with zero attached hydrogens (tertiary/aromatic N) is 1. The molecule has 17 heavy (non-hydrogen) atoms. The van der Waals surface area contributed by atoms with Crippen molar-refractivity contribution < 1.29 is 4.74 Å². The largest absolute Gasteiger partial charge is 0.399 e. The predicted molar refractivity (Wildman–Crippen MR) is 68.5 cm³/mol. The van der Waals surface area contributed by atoms with Crippen LogP contribution in [0, 0.1) is 0 Å². The summed E-state index contributed by atoms with van der Waals surface area (Å²) in [5, 5.41) is 0. The van der Waals surface area contributed by atoms with Gasteiger partial charge in [0.2, 0.25) is 0 Å². The first-order valence-electron chi connectivity index (χ1n) is 6.42. The third kappa shape index (κ3) is 1.94. The van der Waals surface area contributed by atoms with Gasteiger partial charge < -0.3 is 10.5 Å². The molecular formula is C14H20N2O. The molecule has 3 heteroatoms. The average Bonchev–Trinajstić information content (AvgIpc) is 2.93. The molecule has 0 amide bonds. The Labute approximate surface area is 103 Å². The molecular weight excluding hydrogens is 212 g/mol. The van der Waals surface area contributed by atoms with Crippen molar-refractivity contribution in [2.75, 3.05) is 12.8 Å². The molecule has 2 unspecified atom stereocenters. The number of hydrogen-bond acceptors (Lipinski definition) is 3. The quantitative estimate of drug-likeness (QED) is 0.794. The first-order chi connectivity index (χ1) is 8.28. The minimum Gasteiger partial charge on any atom is -0.399 e. The van der Waals surface area contributed by atoms with E-state index < -0.39 is 0 Å². The molecule has 1 heterocycles. The predicted octanol–water partition coefficient (Wildman–Crippen LogP) is 2.15. The van der Waals surface area contributed by atoms with Crippen molar-refractivity contribution in [3.05, 3.63) is 29.3 Å². The van der Waals surface area contributed by atoms with E-state index in [4.69, 9.17) is 10.5 Å². The number of fused-ring (bicyclic) bond motifs is 1. The molecule has 1 saturated carbocycles. The molecule has 0 spiro atoms. The van der Waals surface area contributed by atoms with Crippen LogP contribution in [0.5, 0.6) is 0 Å². The van der Waals surface area contributed by atoms with Crippen LogP contribution >= 0.6 is 0 Å². The Balaban J connectivity index is 1.77. The topological polar surface area (TPSA) is 38.5 Å². The monoisotopic (exact) mass is 232 g/mol. The van der Waals surface area contributed by atoms with Gasteiger partial charge in [-0.2, -0.15) is 0 Å². The van der Waals surface area contributed by atoms with Gasteiger partial charge in [-0.1, -0.05) is 6.07 Å². The molecule has 2 atom stereocenters. The lowest BCUT2D eigenvalue weighted by Crippen LogP contribution is -2.37. The summed E-state index contributed by atoms with van der Waals surface area (Å²) in [6.45, 7) is 2.09. The molecule has 0 radical (unpaired) electrons. The minimum absolute atomic E-state index is 0.418. The number of nitrogens with two attached hydrogens (primary N) is 1.